The molecule has 2 aromatic rings. The van der Waals surface area contributed by atoms with Crippen molar-refractivity contribution in [2.24, 2.45) is 7.05 Å². The Kier molecular flexibility index (Phi) is 5.13. The van der Waals surface area contributed by atoms with Crippen LogP contribution in [0.25, 0.3) is 0 Å². The van der Waals surface area contributed by atoms with Crippen LogP contribution >= 0.6 is 15.9 Å². The van der Waals surface area contributed by atoms with Gasteiger partial charge in [0.2, 0.25) is 0 Å². The lowest BCUT2D eigenvalue weighted by Crippen LogP contribution is -2.32. The van der Waals surface area contributed by atoms with Crippen molar-refractivity contribution in [3.05, 3.63) is 56.9 Å². The lowest BCUT2D eigenvalue weighted by molar-refractivity contribution is 0.285. The molecule has 0 amide bonds. The van der Waals surface area contributed by atoms with Gasteiger partial charge in [-0.3, -0.25) is 9.69 Å². The van der Waals surface area contributed by atoms with Crippen LogP contribution < -0.4 is 10.5 Å². The molecule has 6 heteroatoms. The summed E-state index contributed by atoms with van der Waals surface area (Å²) in [7, 11) is 1.67. The zero-order valence-electron chi connectivity index (χ0n) is 13.3. The molecule has 2 heterocycles. The highest BCUT2D eigenvalue weighted by Crippen LogP contribution is 2.23. The van der Waals surface area contributed by atoms with Gasteiger partial charge in [0.15, 0.2) is 0 Å². The van der Waals surface area contributed by atoms with Gasteiger partial charge in [0, 0.05) is 39.8 Å². The third-order valence-electron chi connectivity index (χ3n) is 4.24. The van der Waals surface area contributed by atoms with Gasteiger partial charge in [-0.1, -0.05) is 30.3 Å². The number of nitrogens with zero attached hydrogens (tertiary/aromatic N) is 4. The predicted molar refractivity (Wildman–Crippen MR) is 95.7 cm³/mol. The van der Waals surface area contributed by atoms with Crippen LogP contribution in [-0.4, -0.2) is 40.9 Å². The van der Waals surface area contributed by atoms with Crippen molar-refractivity contribution in [1.29, 1.82) is 0 Å². The second-order valence-electron chi connectivity index (χ2n) is 5.87. The summed E-state index contributed by atoms with van der Waals surface area (Å²) < 4.78 is 1.96. The fourth-order valence-corrected chi connectivity index (χ4v) is 3.54. The maximum absolute atomic E-state index is 12.0. The van der Waals surface area contributed by atoms with Crippen molar-refractivity contribution in [2.75, 3.05) is 31.1 Å². The van der Waals surface area contributed by atoms with Crippen LogP contribution in [0.15, 0.2) is 45.8 Å². The summed E-state index contributed by atoms with van der Waals surface area (Å²) in [4.78, 5) is 16.8. The van der Waals surface area contributed by atoms with Gasteiger partial charge in [-0.05, 0) is 27.9 Å². The molecule has 0 radical (unpaired) electrons. The summed E-state index contributed by atoms with van der Waals surface area (Å²) in [5, 5.41) is 4.15. The van der Waals surface area contributed by atoms with E-state index in [0.29, 0.717) is 4.47 Å². The van der Waals surface area contributed by atoms with Gasteiger partial charge in [-0.15, -0.1) is 0 Å². The number of aryl methyl sites for hydroxylation is 1. The standard InChI is InChI=1S/C17H21BrN4O/c1-20-17(23)16(18)15(12-19-20)22-9-5-8-21(10-11-22)13-14-6-3-2-4-7-14/h2-4,6-7,12H,5,8-11,13H2,1H3. The number of rotatable bonds is 3. The van der Waals surface area contributed by atoms with Gasteiger partial charge in [0.1, 0.15) is 4.47 Å². The van der Waals surface area contributed by atoms with Gasteiger partial charge in [-0.25, -0.2) is 4.68 Å². The topological polar surface area (TPSA) is 41.4 Å². The van der Waals surface area contributed by atoms with E-state index in [2.05, 4.69) is 55.1 Å². The van der Waals surface area contributed by atoms with Gasteiger partial charge in [0.25, 0.3) is 5.56 Å². The van der Waals surface area contributed by atoms with Crippen LogP contribution in [0.1, 0.15) is 12.0 Å². The summed E-state index contributed by atoms with van der Waals surface area (Å²) in [5.41, 5.74) is 2.15. The molecule has 0 N–H and O–H groups in total. The van der Waals surface area contributed by atoms with E-state index in [1.807, 2.05) is 6.07 Å². The second kappa shape index (κ2) is 7.27. The molecule has 0 spiro atoms. The van der Waals surface area contributed by atoms with E-state index in [4.69, 9.17) is 0 Å². The van der Waals surface area contributed by atoms with Crippen molar-refractivity contribution < 1.29 is 0 Å². The molecule has 0 saturated carbocycles. The highest BCUT2D eigenvalue weighted by Gasteiger charge is 2.19. The summed E-state index contributed by atoms with van der Waals surface area (Å²) >= 11 is 3.43. The molecular weight excluding hydrogens is 356 g/mol. The summed E-state index contributed by atoms with van der Waals surface area (Å²) in [6.45, 7) is 4.88. The molecule has 5 nitrogen and oxygen atoms in total. The average molecular weight is 377 g/mol. The van der Waals surface area contributed by atoms with Gasteiger partial charge >= 0.3 is 0 Å². The third kappa shape index (κ3) is 3.82. The average Bonchev–Trinajstić information content (AvgIpc) is 2.79. The van der Waals surface area contributed by atoms with E-state index in [0.717, 1.165) is 44.8 Å². The molecule has 0 aliphatic carbocycles. The van der Waals surface area contributed by atoms with Crippen LogP contribution in [0.3, 0.4) is 0 Å². The van der Waals surface area contributed by atoms with E-state index in [9.17, 15) is 4.79 Å². The monoisotopic (exact) mass is 376 g/mol. The first-order chi connectivity index (χ1) is 11.1. The van der Waals surface area contributed by atoms with E-state index >= 15 is 0 Å². The highest BCUT2D eigenvalue weighted by molar-refractivity contribution is 9.10. The highest BCUT2D eigenvalue weighted by atomic mass is 79.9. The van der Waals surface area contributed by atoms with E-state index in [-0.39, 0.29) is 5.56 Å². The molecule has 1 aliphatic rings. The van der Waals surface area contributed by atoms with E-state index in [1.54, 1.807) is 13.2 Å². The van der Waals surface area contributed by atoms with Gasteiger partial charge in [0.05, 0.1) is 11.9 Å². The Hall–Kier alpha value is -1.66. The van der Waals surface area contributed by atoms with Crippen molar-refractivity contribution >= 4 is 21.6 Å². The number of hydrogen-bond acceptors (Lipinski definition) is 4. The Morgan fingerprint density at radius 3 is 2.70 bits per heavy atom. The minimum absolute atomic E-state index is 0.0899. The maximum Gasteiger partial charge on any atom is 0.282 e. The van der Waals surface area contributed by atoms with Gasteiger partial charge < -0.3 is 4.90 Å². The molecule has 1 aliphatic heterocycles. The zero-order valence-corrected chi connectivity index (χ0v) is 14.9. The first-order valence-electron chi connectivity index (χ1n) is 7.88. The van der Waals surface area contributed by atoms with Gasteiger partial charge in [-0.2, -0.15) is 5.10 Å². The Bertz CT molecular complexity index is 716. The summed E-state index contributed by atoms with van der Waals surface area (Å²) in [5.74, 6) is 0. The summed E-state index contributed by atoms with van der Waals surface area (Å²) in [6.07, 6.45) is 2.85. The molecule has 122 valence electrons. The Labute approximate surface area is 144 Å². The first-order valence-corrected chi connectivity index (χ1v) is 8.67. The van der Waals surface area contributed by atoms with Crippen molar-refractivity contribution in [3.8, 4) is 0 Å². The lowest BCUT2D eigenvalue weighted by Gasteiger charge is -2.24. The van der Waals surface area contributed by atoms with Crippen LogP contribution in [0.2, 0.25) is 0 Å². The molecule has 1 aromatic carbocycles. The molecule has 0 unspecified atom stereocenters. The second-order valence-corrected chi connectivity index (χ2v) is 6.67. The smallest absolute Gasteiger partial charge is 0.282 e. The Morgan fingerprint density at radius 2 is 1.91 bits per heavy atom. The SMILES string of the molecule is Cn1ncc(N2CCCN(Cc3ccccc3)CC2)c(Br)c1=O. The van der Waals surface area contributed by atoms with E-state index in [1.165, 1.54) is 10.2 Å². The number of benzene rings is 1. The van der Waals surface area contributed by atoms with Crippen LogP contribution in [0.5, 0.6) is 0 Å². The normalized spacial score (nSPS) is 16.3. The molecule has 3 rings (SSSR count). The predicted octanol–water partition coefficient (Wildman–Crippen LogP) is 2.26. The fourth-order valence-electron chi connectivity index (χ4n) is 2.93. The number of aromatic nitrogens is 2. The third-order valence-corrected chi connectivity index (χ3v) is 4.98. The number of halogens is 1. The van der Waals surface area contributed by atoms with Crippen molar-refractivity contribution in [3.63, 3.8) is 0 Å². The largest absolute Gasteiger partial charge is 0.368 e. The lowest BCUT2D eigenvalue weighted by atomic mass is 10.2. The Morgan fingerprint density at radius 1 is 1.13 bits per heavy atom. The molecule has 0 atom stereocenters. The van der Waals surface area contributed by atoms with Crippen LogP contribution in [-0.2, 0) is 13.6 Å². The molecule has 1 fully saturated rings. The molecule has 1 aromatic heterocycles. The number of anilines is 1. The maximum atomic E-state index is 12.0. The van der Waals surface area contributed by atoms with Crippen molar-refractivity contribution in [1.82, 2.24) is 14.7 Å². The molecule has 0 bridgehead atoms. The molecular formula is C17H21BrN4O. The minimum Gasteiger partial charge on any atom is -0.368 e. The molecule has 23 heavy (non-hydrogen) atoms. The quantitative estimate of drug-likeness (QED) is 0.823. The minimum atomic E-state index is -0.0899. The number of hydrogen-bond donors (Lipinski definition) is 0. The van der Waals surface area contributed by atoms with Crippen molar-refractivity contribution in [2.45, 2.75) is 13.0 Å². The van der Waals surface area contributed by atoms with Crippen LogP contribution in [0, 0.1) is 0 Å². The molecule has 1 saturated heterocycles. The first kappa shape index (κ1) is 16.2. The zero-order chi connectivity index (χ0) is 16.2. The van der Waals surface area contributed by atoms with Crippen LogP contribution in [0.4, 0.5) is 5.69 Å². The van der Waals surface area contributed by atoms with E-state index < -0.39 is 0 Å². The fraction of sp³-hybridized carbons (Fsp3) is 0.412. The Balaban J connectivity index is 1.69. The summed E-state index contributed by atoms with van der Waals surface area (Å²) in [6, 6.07) is 10.6.